The van der Waals surface area contributed by atoms with Crippen LogP contribution < -0.4 is 9.47 Å². The molecule has 3 rings (SSSR count). The van der Waals surface area contributed by atoms with Crippen molar-refractivity contribution in [3.05, 3.63) is 99.6 Å². The first-order chi connectivity index (χ1) is 14.5. The molecule has 150 valence electrons. The fourth-order valence-electron chi connectivity index (χ4n) is 2.96. The Bertz CT molecular complexity index is 1100. The Labute approximate surface area is 174 Å². The second-order valence-electron chi connectivity index (χ2n) is 6.55. The van der Waals surface area contributed by atoms with Crippen LogP contribution in [0.3, 0.4) is 0 Å². The number of nitrogens with zero attached hydrogens (tertiary/aromatic N) is 2. The molecule has 0 N–H and O–H groups in total. The average molecular weight is 400 g/mol. The lowest BCUT2D eigenvalue weighted by molar-refractivity contribution is -0.384. The van der Waals surface area contributed by atoms with Crippen molar-refractivity contribution in [2.45, 2.75) is 13.0 Å². The molecule has 0 saturated carbocycles. The Balaban J connectivity index is 1.85. The van der Waals surface area contributed by atoms with E-state index in [9.17, 15) is 15.4 Å². The van der Waals surface area contributed by atoms with Crippen LogP contribution in [0.2, 0.25) is 0 Å². The van der Waals surface area contributed by atoms with Gasteiger partial charge in [0.25, 0.3) is 5.69 Å². The van der Waals surface area contributed by atoms with Crippen LogP contribution >= 0.6 is 0 Å². The first-order valence-electron chi connectivity index (χ1n) is 9.28. The second-order valence-corrected chi connectivity index (χ2v) is 6.55. The van der Waals surface area contributed by atoms with Gasteiger partial charge in [-0.05, 0) is 54.0 Å². The van der Waals surface area contributed by atoms with Crippen molar-refractivity contribution in [3.63, 3.8) is 0 Å². The maximum absolute atomic E-state index is 10.8. The highest BCUT2D eigenvalue weighted by molar-refractivity contribution is 5.90. The van der Waals surface area contributed by atoms with Gasteiger partial charge >= 0.3 is 0 Å². The quantitative estimate of drug-likeness (QED) is 0.216. The predicted octanol–water partition coefficient (Wildman–Crippen LogP) is 5.81. The standard InChI is InChI=1S/C24H20N2O4/c1-17(19-6-4-3-5-7-19)30-23-13-8-18(15-24(23)29-2)14-21(16-25)20-9-11-22(12-10-20)26(27)28/h3-15,17H,1-2H3/b21-14-/t17-/m1/s1. The van der Waals surface area contributed by atoms with E-state index in [0.29, 0.717) is 22.6 Å². The lowest BCUT2D eigenvalue weighted by Crippen LogP contribution is -2.04. The number of benzene rings is 3. The van der Waals surface area contributed by atoms with Gasteiger partial charge in [-0.2, -0.15) is 5.26 Å². The molecule has 0 radical (unpaired) electrons. The minimum Gasteiger partial charge on any atom is -0.493 e. The number of methoxy groups -OCH3 is 1. The van der Waals surface area contributed by atoms with Crippen LogP contribution in [0.15, 0.2) is 72.8 Å². The summed E-state index contributed by atoms with van der Waals surface area (Å²) in [4.78, 5) is 10.3. The van der Waals surface area contributed by atoms with E-state index in [4.69, 9.17) is 9.47 Å². The molecule has 0 aliphatic carbocycles. The summed E-state index contributed by atoms with van der Waals surface area (Å²) in [7, 11) is 1.56. The van der Waals surface area contributed by atoms with E-state index in [1.165, 1.54) is 12.1 Å². The topological polar surface area (TPSA) is 85.4 Å². The van der Waals surface area contributed by atoms with E-state index in [-0.39, 0.29) is 11.8 Å². The van der Waals surface area contributed by atoms with Crippen LogP contribution in [-0.4, -0.2) is 12.0 Å². The van der Waals surface area contributed by atoms with Crippen LogP contribution in [0.25, 0.3) is 11.6 Å². The smallest absolute Gasteiger partial charge is 0.269 e. The van der Waals surface area contributed by atoms with Gasteiger partial charge < -0.3 is 9.47 Å². The van der Waals surface area contributed by atoms with Crippen LogP contribution in [0, 0.1) is 21.4 Å². The van der Waals surface area contributed by atoms with E-state index < -0.39 is 4.92 Å². The van der Waals surface area contributed by atoms with Crippen molar-refractivity contribution in [1.29, 1.82) is 5.26 Å². The Morgan fingerprint density at radius 2 is 1.77 bits per heavy atom. The molecule has 0 aliphatic rings. The number of hydrogen-bond donors (Lipinski definition) is 0. The third-order valence-electron chi connectivity index (χ3n) is 4.58. The largest absolute Gasteiger partial charge is 0.493 e. The summed E-state index contributed by atoms with van der Waals surface area (Å²) >= 11 is 0. The van der Waals surface area contributed by atoms with Crippen LogP contribution in [0.4, 0.5) is 5.69 Å². The van der Waals surface area contributed by atoms with Gasteiger partial charge in [-0.1, -0.05) is 36.4 Å². The van der Waals surface area contributed by atoms with Crippen molar-refractivity contribution in [3.8, 4) is 17.6 Å². The maximum atomic E-state index is 10.8. The molecule has 0 bridgehead atoms. The molecule has 0 aromatic heterocycles. The molecule has 0 amide bonds. The van der Waals surface area contributed by atoms with E-state index in [2.05, 4.69) is 6.07 Å². The van der Waals surface area contributed by atoms with Crippen molar-refractivity contribution in [2.75, 3.05) is 7.11 Å². The summed E-state index contributed by atoms with van der Waals surface area (Å²) in [5, 5.41) is 20.3. The van der Waals surface area contributed by atoms with Gasteiger partial charge in [-0.15, -0.1) is 0 Å². The molecule has 0 unspecified atom stereocenters. The zero-order chi connectivity index (χ0) is 21.5. The molecule has 3 aromatic rings. The second kappa shape index (κ2) is 9.39. The molecule has 0 fully saturated rings. The van der Waals surface area contributed by atoms with Gasteiger partial charge in [0.05, 0.1) is 23.7 Å². The molecule has 6 heteroatoms. The van der Waals surface area contributed by atoms with Gasteiger partial charge in [0.15, 0.2) is 11.5 Å². The predicted molar refractivity (Wildman–Crippen MR) is 115 cm³/mol. The molecule has 3 aromatic carbocycles. The number of nitro benzene ring substituents is 1. The monoisotopic (exact) mass is 400 g/mol. The van der Waals surface area contributed by atoms with Crippen molar-refractivity contribution in [2.24, 2.45) is 0 Å². The minimum atomic E-state index is -0.473. The van der Waals surface area contributed by atoms with Crippen molar-refractivity contribution in [1.82, 2.24) is 0 Å². The molecule has 1 atom stereocenters. The minimum absolute atomic E-state index is 0.0215. The number of hydrogen-bond acceptors (Lipinski definition) is 5. The van der Waals surface area contributed by atoms with Crippen LogP contribution in [0.1, 0.15) is 29.7 Å². The van der Waals surface area contributed by atoms with Gasteiger partial charge in [0.2, 0.25) is 0 Å². The van der Waals surface area contributed by atoms with Gasteiger partial charge in [-0.3, -0.25) is 10.1 Å². The SMILES string of the molecule is COc1cc(/C=C(/C#N)c2ccc([N+](=O)[O-])cc2)ccc1O[C@H](C)c1ccccc1. The summed E-state index contributed by atoms with van der Waals surface area (Å²) in [6.07, 6.45) is 1.55. The highest BCUT2D eigenvalue weighted by Crippen LogP contribution is 2.33. The molecular formula is C24H20N2O4. The Morgan fingerprint density at radius 1 is 1.07 bits per heavy atom. The molecule has 0 saturated heterocycles. The average Bonchev–Trinajstić information content (AvgIpc) is 2.78. The summed E-state index contributed by atoms with van der Waals surface area (Å²) in [5.41, 5.74) is 2.76. The molecule has 0 spiro atoms. The number of nitro groups is 1. The van der Waals surface area contributed by atoms with Crippen LogP contribution in [0.5, 0.6) is 11.5 Å². The summed E-state index contributed by atoms with van der Waals surface area (Å²) in [6, 6.07) is 23.3. The number of allylic oxidation sites excluding steroid dienone is 1. The van der Waals surface area contributed by atoms with E-state index in [0.717, 1.165) is 11.1 Å². The Kier molecular flexibility index (Phi) is 6.46. The fraction of sp³-hybridized carbons (Fsp3) is 0.125. The number of ether oxygens (including phenoxy) is 2. The molecule has 0 aliphatic heterocycles. The number of nitriles is 1. The lowest BCUT2D eigenvalue weighted by Gasteiger charge is -2.17. The molecule has 0 heterocycles. The molecular weight excluding hydrogens is 380 g/mol. The third kappa shape index (κ3) is 4.83. The summed E-state index contributed by atoms with van der Waals surface area (Å²) in [5.74, 6) is 1.15. The van der Waals surface area contributed by atoms with E-state index >= 15 is 0 Å². The van der Waals surface area contributed by atoms with Crippen molar-refractivity contribution < 1.29 is 14.4 Å². The fourth-order valence-corrected chi connectivity index (χ4v) is 2.96. The summed E-state index contributed by atoms with van der Waals surface area (Å²) < 4.78 is 11.5. The maximum Gasteiger partial charge on any atom is 0.269 e. The zero-order valence-electron chi connectivity index (χ0n) is 16.6. The van der Waals surface area contributed by atoms with E-state index in [1.54, 1.807) is 37.5 Å². The third-order valence-corrected chi connectivity index (χ3v) is 4.58. The Morgan fingerprint density at radius 3 is 2.37 bits per heavy atom. The van der Waals surface area contributed by atoms with Gasteiger partial charge in [0, 0.05) is 12.1 Å². The molecule has 30 heavy (non-hydrogen) atoms. The zero-order valence-corrected chi connectivity index (χ0v) is 16.6. The Hall–Kier alpha value is -4.11. The first kappa shape index (κ1) is 20.6. The normalized spacial score (nSPS) is 12.0. The first-order valence-corrected chi connectivity index (χ1v) is 9.28. The number of non-ortho nitro benzene ring substituents is 1. The van der Waals surface area contributed by atoms with Crippen molar-refractivity contribution >= 4 is 17.3 Å². The van der Waals surface area contributed by atoms with Crippen LogP contribution in [-0.2, 0) is 0 Å². The summed E-state index contributed by atoms with van der Waals surface area (Å²) in [6.45, 7) is 1.96. The van der Waals surface area contributed by atoms with Gasteiger partial charge in [0.1, 0.15) is 6.10 Å². The van der Waals surface area contributed by atoms with E-state index in [1.807, 2.05) is 43.3 Å². The lowest BCUT2D eigenvalue weighted by atomic mass is 10.0. The highest BCUT2D eigenvalue weighted by atomic mass is 16.6. The molecule has 6 nitrogen and oxygen atoms in total. The number of rotatable bonds is 7. The van der Waals surface area contributed by atoms with Gasteiger partial charge in [-0.25, -0.2) is 0 Å². The highest BCUT2D eigenvalue weighted by Gasteiger charge is 2.12.